The van der Waals surface area contributed by atoms with E-state index in [4.69, 9.17) is 4.74 Å². The van der Waals surface area contributed by atoms with Crippen LogP contribution in [-0.4, -0.2) is 41.8 Å². The highest BCUT2D eigenvalue weighted by Gasteiger charge is 2.36. The Balaban J connectivity index is 2.05. The van der Waals surface area contributed by atoms with Crippen molar-refractivity contribution < 1.29 is 14.6 Å². The lowest BCUT2D eigenvalue weighted by Crippen LogP contribution is -2.36. The predicted molar refractivity (Wildman–Crippen MR) is 68.9 cm³/mol. The largest absolute Gasteiger partial charge is 0.468 e. The van der Waals surface area contributed by atoms with Gasteiger partial charge in [0, 0.05) is 24.4 Å². The van der Waals surface area contributed by atoms with E-state index >= 15 is 0 Å². The first kappa shape index (κ1) is 13.0. The molecule has 6 heteroatoms. The molecule has 1 aliphatic rings. The molecule has 4 nitrogen and oxygen atoms in total. The number of thiophene rings is 1. The van der Waals surface area contributed by atoms with E-state index in [-0.39, 0.29) is 12.0 Å². The number of rotatable bonds is 3. The zero-order valence-electron chi connectivity index (χ0n) is 9.43. The van der Waals surface area contributed by atoms with Crippen molar-refractivity contribution >= 4 is 33.2 Å². The fourth-order valence-corrected chi connectivity index (χ4v) is 3.58. The van der Waals surface area contributed by atoms with Gasteiger partial charge in [-0.05, 0) is 28.1 Å². The molecule has 2 atom stereocenters. The van der Waals surface area contributed by atoms with E-state index in [2.05, 4.69) is 15.9 Å². The summed E-state index contributed by atoms with van der Waals surface area (Å²) in [5, 5.41) is 9.64. The minimum absolute atomic E-state index is 0.267. The molecule has 0 saturated carbocycles. The summed E-state index contributed by atoms with van der Waals surface area (Å²) < 4.78 is 5.83. The van der Waals surface area contributed by atoms with Gasteiger partial charge < -0.3 is 9.84 Å². The van der Waals surface area contributed by atoms with Crippen LogP contribution >= 0.6 is 27.3 Å². The number of hydrogen-bond donors (Lipinski definition) is 1. The van der Waals surface area contributed by atoms with Crippen molar-refractivity contribution in [3.8, 4) is 0 Å². The molecule has 0 aliphatic carbocycles. The van der Waals surface area contributed by atoms with Crippen molar-refractivity contribution in [2.45, 2.75) is 25.1 Å². The van der Waals surface area contributed by atoms with E-state index in [0.717, 1.165) is 3.79 Å². The van der Waals surface area contributed by atoms with Crippen molar-refractivity contribution in [3.63, 3.8) is 0 Å². The summed E-state index contributed by atoms with van der Waals surface area (Å²) in [7, 11) is 1.38. The first-order valence-electron chi connectivity index (χ1n) is 5.34. The van der Waals surface area contributed by atoms with Gasteiger partial charge in [0.2, 0.25) is 0 Å². The predicted octanol–water partition coefficient (Wildman–Crippen LogP) is 1.62. The third-order valence-electron chi connectivity index (χ3n) is 2.84. The van der Waals surface area contributed by atoms with Crippen LogP contribution in [0.15, 0.2) is 15.9 Å². The van der Waals surface area contributed by atoms with E-state index in [0.29, 0.717) is 19.5 Å². The van der Waals surface area contributed by atoms with Crippen LogP contribution < -0.4 is 0 Å². The quantitative estimate of drug-likeness (QED) is 0.860. The molecular formula is C11H14BrNO3S. The number of β-amino-alcohol motifs (C(OH)–C–C–N with tert-alkyl or cyclic N) is 1. The maximum Gasteiger partial charge on any atom is 0.323 e. The summed E-state index contributed by atoms with van der Waals surface area (Å²) in [6.45, 7) is 1.20. The molecule has 17 heavy (non-hydrogen) atoms. The number of ether oxygens (including phenoxy) is 1. The number of hydrogen-bond acceptors (Lipinski definition) is 5. The van der Waals surface area contributed by atoms with Gasteiger partial charge in [-0.15, -0.1) is 11.3 Å². The molecule has 2 rings (SSSR count). The average Bonchev–Trinajstić information content (AvgIpc) is 2.85. The second kappa shape index (κ2) is 5.48. The van der Waals surface area contributed by atoms with Gasteiger partial charge in [-0.25, -0.2) is 0 Å². The second-order valence-electron chi connectivity index (χ2n) is 4.06. The molecule has 2 heterocycles. The standard InChI is InChI=1S/C11H14BrNO3S/c1-16-11(15)9-4-7(14)5-13(9)6-8-2-3-10(12)17-8/h2-3,7,9,14H,4-6H2,1H3. The van der Waals surface area contributed by atoms with Gasteiger partial charge >= 0.3 is 5.97 Å². The maximum absolute atomic E-state index is 11.6. The zero-order valence-corrected chi connectivity index (χ0v) is 11.8. The SMILES string of the molecule is COC(=O)C1CC(O)CN1Cc1ccc(Br)s1. The Morgan fingerprint density at radius 2 is 2.47 bits per heavy atom. The fourth-order valence-electron chi connectivity index (χ4n) is 2.07. The molecule has 0 spiro atoms. The molecule has 1 aliphatic heterocycles. The van der Waals surface area contributed by atoms with Gasteiger partial charge in [-0.3, -0.25) is 9.69 Å². The first-order chi connectivity index (χ1) is 8.10. The van der Waals surface area contributed by atoms with Crippen LogP contribution in [0, 0.1) is 0 Å². The van der Waals surface area contributed by atoms with Crippen molar-refractivity contribution in [2.75, 3.05) is 13.7 Å². The molecule has 1 saturated heterocycles. The van der Waals surface area contributed by atoms with Crippen molar-refractivity contribution in [3.05, 3.63) is 20.8 Å². The Morgan fingerprint density at radius 1 is 1.71 bits per heavy atom. The summed E-state index contributed by atoms with van der Waals surface area (Å²) in [6.07, 6.45) is 0.0154. The lowest BCUT2D eigenvalue weighted by molar-refractivity contribution is -0.146. The highest BCUT2D eigenvalue weighted by molar-refractivity contribution is 9.11. The molecule has 2 unspecified atom stereocenters. The molecule has 94 valence electrons. The van der Waals surface area contributed by atoms with E-state index in [1.54, 1.807) is 11.3 Å². The smallest absolute Gasteiger partial charge is 0.323 e. The number of nitrogens with zero attached hydrogens (tertiary/aromatic N) is 1. The van der Waals surface area contributed by atoms with Crippen LogP contribution in [0.1, 0.15) is 11.3 Å². The molecule has 1 aromatic heterocycles. The van der Waals surface area contributed by atoms with Crippen LogP contribution in [0.2, 0.25) is 0 Å². The Morgan fingerprint density at radius 3 is 3.06 bits per heavy atom. The van der Waals surface area contributed by atoms with Crippen LogP contribution in [0.4, 0.5) is 0 Å². The van der Waals surface area contributed by atoms with Crippen LogP contribution in [0.5, 0.6) is 0 Å². The van der Waals surface area contributed by atoms with Crippen LogP contribution in [-0.2, 0) is 16.1 Å². The van der Waals surface area contributed by atoms with Crippen molar-refractivity contribution in [2.24, 2.45) is 0 Å². The molecule has 0 radical (unpaired) electrons. The number of methoxy groups -OCH3 is 1. The lowest BCUT2D eigenvalue weighted by Gasteiger charge is -2.20. The van der Waals surface area contributed by atoms with Gasteiger partial charge in [0.05, 0.1) is 17.0 Å². The molecule has 0 amide bonds. The van der Waals surface area contributed by atoms with E-state index in [1.807, 2.05) is 17.0 Å². The number of aliphatic hydroxyl groups is 1. The fraction of sp³-hybridized carbons (Fsp3) is 0.545. The van der Waals surface area contributed by atoms with Gasteiger partial charge in [-0.2, -0.15) is 0 Å². The molecule has 0 aromatic carbocycles. The van der Waals surface area contributed by atoms with Crippen molar-refractivity contribution in [1.82, 2.24) is 4.90 Å². The first-order valence-corrected chi connectivity index (χ1v) is 6.95. The molecule has 0 bridgehead atoms. The third kappa shape index (κ3) is 3.07. The molecule has 1 aromatic rings. The van der Waals surface area contributed by atoms with E-state index in [9.17, 15) is 9.90 Å². The number of aliphatic hydroxyl groups excluding tert-OH is 1. The van der Waals surface area contributed by atoms with Crippen LogP contribution in [0.3, 0.4) is 0 Å². The number of carbonyl (C=O) groups is 1. The summed E-state index contributed by atoms with van der Waals surface area (Å²) in [5.74, 6) is -0.267. The van der Waals surface area contributed by atoms with Gasteiger partial charge in [-0.1, -0.05) is 0 Å². The van der Waals surface area contributed by atoms with Gasteiger partial charge in [0.15, 0.2) is 0 Å². The Kier molecular flexibility index (Phi) is 4.19. The average molecular weight is 320 g/mol. The number of halogens is 1. The number of carbonyl (C=O) groups excluding carboxylic acids is 1. The normalized spacial score (nSPS) is 25.1. The van der Waals surface area contributed by atoms with Gasteiger partial charge in [0.1, 0.15) is 6.04 Å². The zero-order chi connectivity index (χ0) is 12.4. The monoisotopic (exact) mass is 319 g/mol. The van der Waals surface area contributed by atoms with Crippen molar-refractivity contribution in [1.29, 1.82) is 0 Å². The Hall–Kier alpha value is -0.430. The highest BCUT2D eigenvalue weighted by Crippen LogP contribution is 2.27. The minimum Gasteiger partial charge on any atom is -0.468 e. The maximum atomic E-state index is 11.6. The highest BCUT2D eigenvalue weighted by atomic mass is 79.9. The summed E-state index contributed by atoms with van der Waals surface area (Å²) in [5.41, 5.74) is 0. The Bertz CT molecular complexity index is 409. The second-order valence-corrected chi connectivity index (χ2v) is 6.61. The minimum atomic E-state index is -0.442. The van der Waals surface area contributed by atoms with Gasteiger partial charge in [0.25, 0.3) is 0 Å². The molecular weight excluding hydrogens is 306 g/mol. The topological polar surface area (TPSA) is 49.8 Å². The number of likely N-dealkylation sites (tertiary alicyclic amines) is 1. The third-order valence-corrected chi connectivity index (χ3v) is 4.45. The Labute approximate surface area is 112 Å². The molecule has 1 N–H and O–H groups in total. The summed E-state index contributed by atoms with van der Waals surface area (Å²) >= 11 is 5.05. The van der Waals surface area contributed by atoms with Crippen LogP contribution in [0.25, 0.3) is 0 Å². The van der Waals surface area contributed by atoms with E-state index < -0.39 is 6.10 Å². The summed E-state index contributed by atoms with van der Waals surface area (Å²) in [4.78, 5) is 14.7. The lowest BCUT2D eigenvalue weighted by atomic mass is 10.2. The summed E-state index contributed by atoms with van der Waals surface area (Å²) in [6, 6.07) is 3.68. The van der Waals surface area contributed by atoms with E-state index in [1.165, 1.54) is 12.0 Å². The molecule has 1 fully saturated rings. The number of esters is 1.